The molecule has 1 amide bonds. The molecule has 4 heteroatoms. The van der Waals surface area contributed by atoms with Gasteiger partial charge in [0, 0.05) is 12.0 Å². The molecule has 0 saturated heterocycles. The Balaban J connectivity index is 2.60. The maximum atomic E-state index is 11.9. The highest BCUT2D eigenvalue weighted by atomic mass is 16.5. The Morgan fingerprint density at radius 1 is 1.20 bits per heavy atom. The average molecular weight is 277 g/mol. The lowest BCUT2D eigenvalue weighted by molar-refractivity contribution is -0.128. The highest BCUT2D eigenvalue weighted by Gasteiger charge is 2.20. The van der Waals surface area contributed by atoms with E-state index in [-0.39, 0.29) is 17.2 Å². The SMILES string of the molecule is CC(=O)Cc1ccc(OC(C)C(=O)NC(C)(C)C)cc1. The fraction of sp³-hybridized carbons (Fsp3) is 0.500. The number of ketones is 1. The standard InChI is InChI=1S/C16H23NO3/c1-11(18)10-13-6-8-14(9-7-13)20-12(2)15(19)17-16(3,4)5/h6-9,12H,10H2,1-5H3,(H,17,19). The number of hydrogen-bond donors (Lipinski definition) is 1. The summed E-state index contributed by atoms with van der Waals surface area (Å²) < 4.78 is 5.59. The van der Waals surface area contributed by atoms with Gasteiger partial charge in [-0.05, 0) is 52.3 Å². The molecule has 0 aliphatic rings. The monoisotopic (exact) mass is 277 g/mol. The fourth-order valence-corrected chi connectivity index (χ4v) is 1.70. The van der Waals surface area contributed by atoms with E-state index >= 15 is 0 Å². The number of carbonyl (C=O) groups excluding carboxylic acids is 2. The van der Waals surface area contributed by atoms with Gasteiger partial charge in [-0.25, -0.2) is 0 Å². The number of ether oxygens (including phenoxy) is 1. The zero-order valence-electron chi connectivity index (χ0n) is 12.8. The van der Waals surface area contributed by atoms with Gasteiger partial charge in [0.25, 0.3) is 5.91 Å². The Morgan fingerprint density at radius 2 is 1.75 bits per heavy atom. The predicted octanol–water partition coefficient (Wildman–Crippen LogP) is 2.50. The molecular weight excluding hydrogens is 254 g/mol. The summed E-state index contributed by atoms with van der Waals surface area (Å²) in [7, 11) is 0. The van der Waals surface area contributed by atoms with Crippen molar-refractivity contribution in [1.29, 1.82) is 0 Å². The van der Waals surface area contributed by atoms with Crippen LogP contribution < -0.4 is 10.1 Å². The Labute approximate surface area is 120 Å². The summed E-state index contributed by atoms with van der Waals surface area (Å²) in [5.74, 6) is 0.593. The number of rotatable bonds is 5. The summed E-state index contributed by atoms with van der Waals surface area (Å²) in [5, 5.41) is 2.87. The highest BCUT2D eigenvalue weighted by Crippen LogP contribution is 2.15. The van der Waals surface area contributed by atoms with E-state index < -0.39 is 6.10 Å². The van der Waals surface area contributed by atoms with Crippen LogP contribution in [0.5, 0.6) is 5.75 Å². The van der Waals surface area contributed by atoms with E-state index in [1.165, 1.54) is 0 Å². The van der Waals surface area contributed by atoms with Crippen LogP contribution in [0.15, 0.2) is 24.3 Å². The number of nitrogens with one attached hydrogen (secondary N) is 1. The summed E-state index contributed by atoms with van der Waals surface area (Å²) in [5.41, 5.74) is 0.664. The minimum absolute atomic E-state index is 0.122. The molecule has 0 saturated carbocycles. The first kappa shape index (κ1) is 16.2. The lowest BCUT2D eigenvalue weighted by Gasteiger charge is -2.23. The smallest absolute Gasteiger partial charge is 0.261 e. The third kappa shape index (κ3) is 5.87. The van der Waals surface area contributed by atoms with Crippen LogP contribution in [0.2, 0.25) is 0 Å². The first-order valence-corrected chi connectivity index (χ1v) is 6.74. The summed E-state index contributed by atoms with van der Waals surface area (Å²) in [6, 6.07) is 7.23. The molecular formula is C16H23NO3. The van der Waals surface area contributed by atoms with Crippen LogP contribution in [0, 0.1) is 0 Å². The molecule has 0 aromatic heterocycles. The maximum Gasteiger partial charge on any atom is 0.261 e. The Hall–Kier alpha value is -1.84. The third-order valence-corrected chi connectivity index (χ3v) is 2.56. The van der Waals surface area contributed by atoms with Crippen LogP contribution in [0.1, 0.15) is 40.2 Å². The van der Waals surface area contributed by atoms with Gasteiger partial charge in [0.15, 0.2) is 6.10 Å². The topological polar surface area (TPSA) is 55.4 Å². The molecule has 1 N–H and O–H groups in total. The van der Waals surface area contributed by atoms with E-state index in [0.29, 0.717) is 12.2 Å². The molecule has 0 bridgehead atoms. The quantitative estimate of drug-likeness (QED) is 0.899. The van der Waals surface area contributed by atoms with Crippen molar-refractivity contribution in [2.45, 2.75) is 52.7 Å². The van der Waals surface area contributed by atoms with Gasteiger partial charge in [-0.1, -0.05) is 12.1 Å². The molecule has 0 spiro atoms. The van der Waals surface area contributed by atoms with Crippen molar-refractivity contribution >= 4 is 11.7 Å². The van der Waals surface area contributed by atoms with Gasteiger partial charge >= 0.3 is 0 Å². The summed E-state index contributed by atoms with van der Waals surface area (Å²) >= 11 is 0. The van der Waals surface area contributed by atoms with E-state index in [1.807, 2.05) is 32.9 Å². The lowest BCUT2D eigenvalue weighted by Crippen LogP contribution is -2.46. The second kappa shape index (κ2) is 6.55. The Morgan fingerprint density at radius 3 is 2.20 bits per heavy atom. The van der Waals surface area contributed by atoms with Crippen molar-refractivity contribution < 1.29 is 14.3 Å². The largest absolute Gasteiger partial charge is 0.481 e. The Bertz CT molecular complexity index is 471. The first-order valence-electron chi connectivity index (χ1n) is 6.74. The number of hydrogen-bond acceptors (Lipinski definition) is 3. The highest BCUT2D eigenvalue weighted by molar-refractivity contribution is 5.81. The Kier molecular flexibility index (Phi) is 5.31. The minimum Gasteiger partial charge on any atom is -0.481 e. The zero-order valence-corrected chi connectivity index (χ0v) is 12.8. The normalized spacial score (nSPS) is 12.7. The van der Waals surface area contributed by atoms with Crippen LogP contribution in [0.4, 0.5) is 0 Å². The molecule has 1 unspecified atom stereocenters. The number of Topliss-reactive ketones (excluding diaryl/α,β-unsaturated/α-hetero) is 1. The molecule has 1 atom stereocenters. The molecule has 0 heterocycles. The molecule has 1 rings (SSSR count). The number of amides is 1. The first-order chi connectivity index (χ1) is 9.17. The molecule has 1 aromatic carbocycles. The van der Waals surface area contributed by atoms with Gasteiger partial charge < -0.3 is 10.1 Å². The van der Waals surface area contributed by atoms with E-state index in [0.717, 1.165) is 5.56 Å². The number of carbonyl (C=O) groups is 2. The van der Waals surface area contributed by atoms with Crippen LogP contribution in [0.3, 0.4) is 0 Å². The zero-order chi connectivity index (χ0) is 15.3. The molecule has 4 nitrogen and oxygen atoms in total. The minimum atomic E-state index is -0.562. The summed E-state index contributed by atoms with van der Waals surface area (Å²) in [6.07, 6.45) is -0.145. The third-order valence-electron chi connectivity index (χ3n) is 2.56. The fourth-order valence-electron chi connectivity index (χ4n) is 1.70. The van der Waals surface area contributed by atoms with E-state index in [1.54, 1.807) is 26.0 Å². The molecule has 0 fully saturated rings. The van der Waals surface area contributed by atoms with Crippen molar-refractivity contribution in [3.8, 4) is 5.75 Å². The van der Waals surface area contributed by atoms with Gasteiger partial charge in [-0.2, -0.15) is 0 Å². The van der Waals surface area contributed by atoms with Crippen molar-refractivity contribution in [3.63, 3.8) is 0 Å². The average Bonchev–Trinajstić information content (AvgIpc) is 2.28. The predicted molar refractivity (Wildman–Crippen MR) is 78.8 cm³/mol. The van der Waals surface area contributed by atoms with E-state index in [2.05, 4.69) is 5.32 Å². The summed E-state index contributed by atoms with van der Waals surface area (Å²) in [4.78, 5) is 22.9. The van der Waals surface area contributed by atoms with Crippen molar-refractivity contribution in [1.82, 2.24) is 5.32 Å². The second-order valence-corrected chi connectivity index (χ2v) is 6.02. The molecule has 110 valence electrons. The van der Waals surface area contributed by atoms with Crippen molar-refractivity contribution in [3.05, 3.63) is 29.8 Å². The van der Waals surface area contributed by atoms with E-state index in [4.69, 9.17) is 4.74 Å². The van der Waals surface area contributed by atoms with Gasteiger partial charge in [-0.3, -0.25) is 9.59 Å². The van der Waals surface area contributed by atoms with E-state index in [9.17, 15) is 9.59 Å². The van der Waals surface area contributed by atoms with Gasteiger partial charge in [-0.15, -0.1) is 0 Å². The summed E-state index contributed by atoms with van der Waals surface area (Å²) in [6.45, 7) is 9.05. The maximum absolute atomic E-state index is 11.9. The molecule has 0 aliphatic carbocycles. The lowest BCUT2D eigenvalue weighted by atomic mass is 10.1. The van der Waals surface area contributed by atoms with Crippen LogP contribution in [-0.2, 0) is 16.0 Å². The van der Waals surface area contributed by atoms with Crippen LogP contribution >= 0.6 is 0 Å². The number of benzene rings is 1. The molecule has 20 heavy (non-hydrogen) atoms. The molecule has 1 aromatic rings. The molecule has 0 aliphatic heterocycles. The van der Waals surface area contributed by atoms with Crippen LogP contribution in [0.25, 0.3) is 0 Å². The van der Waals surface area contributed by atoms with Gasteiger partial charge in [0.05, 0.1) is 0 Å². The van der Waals surface area contributed by atoms with Gasteiger partial charge in [0.2, 0.25) is 0 Å². The van der Waals surface area contributed by atoms with Crippen molar-refractivity contribution in [2.24, 2.45) is 0 Å². The van der Waals surface area contributed by atoms with Gasteiger partial charge in [0.1, 0.15) is 11.5 Å². The second-order valence-electron chi connectivity index (χ2n) is 6.02. The molecule has 0 radical (unpaired) electrons. The van der Waals surface area contributed by atoms with Crippen molar-refractivity contribution in [2.75, 3.05) is 0 Å². The van der Waals surface area contributed by atoms with Crippen LogP contribution in [-0.4, -0.2) is 23.3 Å².